The number of amides is 1. The highest BCUT2D eigenvalue weighted by atomic mass is 16.2. The van der Waals surface area contributed by atoms with Crippen molar-refractivity contribution in [1.82, 2.24) is 5.32 Å². The average Bonchev–Trinajstić information content (AvgIpc) is 2.57. The summed E-state index contributed by atoms with van der Waals surface area (Å²) in [7, 11) is 1.80. The fourth-order valence-corrected chi connectivity index (χ4v) is 1.50. The van der Waals surface area contributed by atoms with Gasteiger partial charge in [0, 0.05) is 5.56 Å². The zero-order chi connectivity index (χ0) is 11.5. The van der Waals surface area contributed by atoms with Crippen molar-refractivity contribution in [3.05, 3.63) is 29.3 Å². The predicted molar refractivity (Wildman–Crippen MR) is 60.2 cm³/mol. The van der Waals surface area contributed by atoms with E-state index in [4.69, 9.17) is 0 Å². The molecule has 2 N–H and O–H groups in total. The number of fused-ring (bicyclic) bond motifs is 1. The van der Waals surface area contributed by atoms with Crippen molar-refractivity contribution < 1.29 is 9.59 Å². The van der Waals surface area contributed by atoms with E-state index in [9.17, 15) is 9.59 Å². The standard InChI is InChI=1S/C12H10N2O2/c1-13-7-3-5-8-4-2-6-9-10(8)14-12(16)11(9)15/h2,4,6,13H,7H2,1H3,(H,14,15,16). The predicted octanol–water partition coefficient (Wildman–Crippen LogP) is 0.392. The first-order valence-corrected chi connectivity index (χ1v) is 4.86. The number of rotatable bonds is 1. The van der Waals surface area contributed by atoms with Crippen LogP contribution in [0.25, 0.3) is 0 Å². The molecule has 0 unspecified atom stereocenters. The Bertz CT molecular complexity index is 524. The molecule has 0 spiro atoms. The molecule has 1 aliphatic rings. The second kappa shape index (κ2) is 4.17. The molecule has 16 heavy (non-hydrogen) atoms. The minimum absolute atomic E-state index is 0.404. The summed E-state index contributed by atoms with van der Waals surface area (Å²) in [5, 5.41) is 5.43. The van der Waals surface area contributed by atoms with Gasteiger partial charge in [-0.1, -0.05) is 17.9 Å². The first kappa shape index (κ1) is 10.4. The summed E-state index contributed by atoms with van der Waals surface area (Å²) in [6.45, 7) is 0.561. The van der Waals surface area contributed by atoms with E-state index >= 15 is 0 Å². The Balaban J connectivity index is 2.41. The minimum atomic E-state index is -0.585. The van der Waals surface area contributed by atoms with E-state index in [1.807, 2.05) is 0 Å². The molecule has 1 aromatic carbocycles. The van der Waals surface area contributed by atoms with Crippen LogP contribution >= 0.6 is 0 Å². The van der Waals surface area contributed by atoms with Crippen molar-refractivity contribution in [2.45, 2.75) is 0 Å². The monoisotopic (exact) mass is 214 g/mol. The summed E-state index contributed by atoms with van der Waals surface area (Å²) in [5.41, 5.74) is 1.61. The van der Waals surface area contributed by atoms with Gasteiger partial charge >= 0.3 is 0 Å². The van der Waals surface area contributed by atoms with Crippen LogP contribution in [-0.2, 0) is 4.79 Å². The molecule has 0 atom stereocenters. The Hall–Kier alpha value is -2.12. The Labute approximate surface area is 93.0 Å². The van der Waals surface area contributed by atoms with Gasteiger partial charge in [0.25, 0.3) is 11.7 Å². The van der Waals surface area contributed by atoms with E-state index < -0.39 is 11.7 Å². The first-order chi connectivity index (χ1) is 7.74. The van der Waals surface area contributed by atoms with Gasteiger partial charge < -0.3 is 10.6 Å². The molecular weight excluding hydrogens is 204 g/mol. The van der Waals surface area contributed by atoms with Crippen molar-refractivity contribution in [1.29, 1.82) is 0 Å². The summed E-state index contributed by atoms with van der Waals surface area (Å²) >= 11 is 0. The third-order valence-electron chi connectivity index (χ3n) is 2.24. The smallest absolute Gasteiger partial charge is 0.296 e. The Kier molecular flexibility index (Phi) is 2.71. The summed E-state index contributed by atoms with van der Waals surface area (Å²) in [6, 6.07) is 5.12. The maximum absolute atomic E-state index is 11.4. The van der Waals surface area contributed by atoms with E-state index in [-0.39, 0.29) is 0 Å². The molecule has 2 rings (SSSR count). The largest absolute Gasteiger partial charge is 0.317 e. The summed E-state index contributed by atoms with van der Waals surface area (Å²) in [4.78, 5) is 22.6. The maximum atomic E-state index is 11.4. The van der Waals surface area contributed by atoms with Crippen LogP contribution in [-0.4, -0.2) is 25.3 Å². The summed E-state index contributed by atoms with van der Waals surface area (Å²) < 4.78 is 0. The molecule has 4 heteroatoms. The molecule has 0 aliphatic carbocycles. The number of anilines is 1. The lowest BCUT2D eigenvalue weighted by Crippen LogP contribution is -2.12. The fraction of sp³-hybridized carbons (Fsp3) is 0.167. The van der Waals surface area contributed by atoms with Crippen molar-refractivity contribution in [3.63, 3.8) is 0 Å². The van der Waals surface area contributed by atoms with Crippen LogP contribution in [0.15, 0.2) is 18.2 Å². The van der Waals surface area contributed by atoms with Crippen LogP contribution in [0.3, 0.4) is 0 Å². The van der Waals surface area contributed by atoms with Gasteiger partial charge in [-0.3, -0.25) is 9.59 Å². The van der Waals surface area contributed by atoms with Crippen LogP contribution in [0.2, 0.25) is 0 Å². The molecule has 0 radical (unpaired) electrons. The number of benzene rings is 1. The molecule has 0 saturated carbocycles. The number of Topliss-reactive ketones (excluding diaryl/α,β-unsaturated/α-hetero) is 1. The minimum Gasteiger partial charge on any atom is -0.317 e. The molecule has 1 aliphatic heterocycles. The summed E-state index contributed by atoms with van der Waals surface area (Å²) in [5.74, 6) is 4.72. The van der Waals surface area contributed by atoms with Crippen LogP contribution in [0, 0.1) is 11.8 Å². The van der Waals surface area contributed by atoms with E-state index in [1.54, 1.807) is 25.2 Å². The van der Waals surface area contributed by atoms with Gasteiger partial charge in [-0.2, -0.15) is 0 Å². The molecule has 0 fully saturated rings. The number of ketones is 1. The van der Waals surface area contributed by atoms with Gasteiger partial charge in [0.2, 0.25) is 0 Å². The van der Waals surface area contributed by atoms with Crippen molar-refractivity contribution in [2.75, 3.05) is 18.9 Å². The Morgan fingerprint density at radius 1 is 1.38 bits per heavy atom. The van der Waals surface area contributed by atoms with E-state index in [2.05, 4.69) is 22.5 Å². The first-order valence-electron chi connectivity index (χ1n) is 4.86. The zero-order valence-corrected chi connectivity index (χ0v) is 8.76. The molecule has 1 amide bonds. The third-order valence-corrected chi connectivity index (χ3v) is 2.24. The van der Waals surface area contributed by atoms with E-state index in [0.717, 1.165) is 0 Å². The van der Waals surface area contributed by atoms with Crippen molar-refractivity contribution >= 4 is 17.4 Å². The summed E-state index contributed by atoms with van der Waals surface area (Å²) in [6.07, 6.45) is 0. The number of nitrogens with one attached hydrogen (secondary N) is 2. The van der Waals surface area contributed by atoms with Crippen molar-refractivity contribution in [3.8, 4) is 11.8 Å². The van der Waals surface area contributed by atoms with E-state index in [1.165, 1.54) is 0 Å². The van der Waals surface area contributed by atoms with Crippen LogP contribution in [0.1, 0.15) is 15.9 Å². The highest BCUT2D eigenvalue weighted by Gasteiger charge is 2.29. The Morgan fingerprint density at radius 3 is 2.94 bits per heavy atom. The van der Waals surface area contributed by atoms with Crippen LogP contribution in [0.5, 0.6) is 0 Å². The molecule has 4 nitrogen and oxygen atoms in total. The lowest BCUT2D eigenvalue weighted by atomic mass is 10.1. The molecular formula is C12H10N2O2. The van der Waals surface area contributed by atoms with Crippen molar-refractivity contribution in [2.24, 2.45) is 0 Å². The van der Waals surface area contributed by atoms with Gasteiger partial charge in [0.05, 0.1) is 17.8 Å². The number of hydrogen-bond acceptors (Lipinski definition) is 3. The molecule has 0 saturated heterocycles. The number of carbonyl (C=O) groups excluding carboxylic acids is 2. The number of para-hydroxylation sites is 1. The van der Waals surface area contributed by atoms with Crippen LogP contribution in [0.4, 0.5) is 5.69 Å². The van der Waals surface area contributed by atoms with E-state index in [0.29, 0.717) is 23.4 Å². The second-order valence-corrected chi connectivity index (χ2v) is 3.34. The molecule has 0 aromatic heterocycles. The molecule has 0 bridgehead atoms. The topological polar surface area (TPSA) is 58.2 Å². The van der Waals surface area contributed by atoms with Gasteiger partial charge in [-0.05, 0) is 19.2 Å². The average molecular weight is 214 g/mol. The number of hydrogen-bond donors (Lipinski definition) is 2. The SMILES string of the molecule is CNCC#Cc1cccc2c1NC(=O)C2=O. The third kappa shape index (κ3) is 1.69. The molecule has 1 aromatic rings. The van der Waals surface area contributed by atoms with Gasteiger partial charge in [0.1, 0.15) is 0 Å². The second-order valence-electron chi connectivity index (χ2n) is 3.34. The lowest BCUT2D eigenvalue weighted by Gasteiger charge is -1.99. The Morgan fingerprint density at radius 2 is 2.19 bits per heavy atom. The molecule has 80 valence electrons. The van der Waals surface area contributed by atoms with Gasteiger partial charge in [-0.15, -0.1) is 0 Å². The number of carbonyl (C=O) groups is 2. The lowest BCUT2D eigenvalue weighted by molar-refractivity contribution is -0.112. The van der Waals surface area contributed by atoms with Gasteiger partial charge in [-0.25, -0.2) is 0 Å². The highest BCUT2D eigenvalue weighted by Crippen LogP contribution is 2.26. The molecule has 1 heterocycles. The zero-order valence-electron chi connectivity index (χ0n) is 8.76. The highest BCUT2D eigenvalue weighted by molar-refractivity contribution is 6.51. The normalized spacial score (nSPS) is 12.8. The fourth-order valence-electron chi connectivity index (χ4n) is 1.50. The maximum Gasteiger partial charge on any atom is 0.296 e. The van der Waals surface area contributed by atoms with Crippen LogP contribution < -0.4 is 10.6 Å². The quantitative estimate of drug-likeness (QED) is 0.525. The van der Waals surface area contributed by atoms with Gasteiger partial charge in [0.15, 0.2) is 0 Å².